The van der Waals surface area contributed by atoms with Crippen LogP contribution in [0.2, 0.25) is 0 Å². The smallest absolute Gasteiger partial charge is 0.416 e. The van der Waals surface area contributed by atoms with Crippen molar-refractivity contribution in [1.82, 2.24) is 0 Å². The molecule has 3 aromatic rings. The Bertz CT molecular complexity index is 1070. The zero-order valence-corrected chi connectivity index (χ0v) is 15.8. The van der Waals surface area contributed by atoms with Crippen LogP contribution in [-0.2, 0) is 6.18 Å². The number of fused-ring (bicyclic) bond motifs is 1. The summed E-state index contributed by atoms with van der Waals surface area (Å²) in [6.45, 7) is 2.10. The van der Waals surface area contributed by atoms with Gasteiger partial charge in [-0.05, 0) is 78.1 Å². The fraction of sp³-hybridized carbons (Fsp3) is 0.261. The highest BCUT2D eigenvalue weighted by Gasteiger charge is 2.32. The third-order valence-electron chi connectivity index (χ3n) is 5.52. The molecule has 0 heterocycles. The summed E-state index contributed by atoms with van der Waals surface area (Å²) >= 11 is 0. The van der Waals surface area contributed by atoms with E-state index in [4.69, 9.17) is 10.5 Å². The molecule has 6 heteroatoms. The SMILES string of the molecule is CC(c1c(C(N)=O)ccc2c(Oc3ccc(C(F)(F)F)cc3)cccc12)C1CC1. The molecule has 0 bridgehead atoms. The molecule has 0 radical (unpaired) electrons. The van der Waals surface area contributed by atoms with Gasteiger partial charge in [0.25, 0.3) is 0 Å². The Morgan fingerprint density at radius 1 is 1.03 bits per heavy atom. The molecule has 1 atom stereocenters. The molecular weight excluding hydrogens is 379 g/mol. The van der Waals surface area contributed by atoms with Crippen LogP contribution in [0.1, 0.15) is 47.2 Å². The summed E-state index contributed by atoms with van der Waals surface area (Å²) in [5.41, 5.74) is 6.30. The quantitative estimate of drug-likeness (QED) is 0.550. The fourth-order valence-corrected chi connectivity index (χ4v) is 3.82. The molecule has 4 rings (SSSR count). The molecule has 2 N–H and O–H groups in total. The van der Waals surface area contributed by atoms with Crippen LogP contribution < -0.4 is 10.5 Å². The molecule has 0 spiro atoms. The molecule has 0 aromatic heterocycles. The highest BCUT2D eigenvalue weighted by atomic mass is 19.4. The van der Waals surface area contributed by atoms with Crippen molar-refractivity contribution in [1.29, 1.82) is 0 Å². The minimum atomic E-state index is -4.39. The lowest BCUT2D eigenvalue weighted by molar-refractivity contribution is -0.137. The van der Waals surface area contributed by atoms with E-state index in [9.17, 15) is 18.0 Å². The zero-order valence-electron chi connectivity index (χ0n) is 15.8. The Hall–Kier alpha value is -3.02. The first kappa shape index (κ1) is 19.3. The first-order chi connectivity index (χ1) is 13.8. The van der Waals surface area contributed by atoms with Crippen LogP contribution in [0.4, 0.5) is 13.2 Å². The van der Waals surface area contributed by atoms with E-state index < -0.39 is 17.6 Å². The van der Waals surface area contributed by atoms with Crippen molar-refractivity contribution < 1.29 is 22.7 Å². The Balaban J connectivity index is 1.76. The second-order valence-electron chi connectivity index (χ2n) is 7.49. The lowest BCUT2D eigenvalue weighted by Crippen LogP contribution is -2.16. The van der Waals surface area contributed by atoms with Crippen LogP contribution in [0.5, 0.6) is 11.5 Å². The van der Waals surface area contributed by atoms with Crippen molar-refractivity contribution >= 4 is 16.7 Å². The maximum atomic E-state index is 12.8. The van der Waals surface area contributed by atoms with E-state index in [1.54, 1.807) is 18.2 Å². The number of carbonyl (C=O) groups excluding carboxylic acids is 1. The molecule has 1 aliphatic carbocycles. The molecule has 0 saturated heterocycles. The minimum absolute atomic E-state index is 0.183. The summed E-state index contributed by atoms with van der Waals surface area (Å²) in [4.78, 5) is 12.0. The molecule has 3 nitrogen and oxygen atoms in total. The van der Waals surface area contributed by atoms with Gasteiger partial charge in [0.1, 0.15) is 11.5 Å². The van der Waals surface area contributed by atoms with Gasteiger partial charge in [-0.15, -0.1) is 0 Å². The summed E-state index contributed by atoms with van der Waals surface area (Å²) in [6, 6.07) is 13.6. The summed E-state index contributed by atoms with van der Waals surface area (Å²) in [6.07, 6.45) is -2.15. The standard InChI is InChI=1S/C23H20F3NO2/c1-13(14-5-6-14)21-18-3-2-4-20(17(18)11-12-19(21)22(27)28)29-16-9-7-15(8-10-16)23(24,25)26/h2-4,7-14H,5-6H2,1H3,(H2,27,28). The van der Waals surface area contributed by atoms with Gasteiger partial charge in [-0.2, -0.15) is 13.2 Å². The monoisotopic (exact) mass is 399 g/mol. The number of primary amides is 1. The third kappa shape index (κ3) is 3.79. The molecule has 3 aromatic carbocycles. The van der Waals surface area contributed by atoms with Gasteiger partial charge >= 0.3 is 6.18 Å². The molecule has 29 heavy (non-hydrogen) atoms. The van der Waals surface area contributed by atoms with Crippen LogP contribution in [0, 0.1) is 5.92 Å². The Morgan fingerprint density at radius 3 is 2.31 bits per heavy atom. The molecule has 1 aliphatic rings. The summed E-state index contributed by atoms with van der Waals surface area (Å²) in [5, 5.41) is 1.67. The van der Waals surface area contributed by atoms with E-state index in [1.807, 2.05) is 12.1 Å². The average Bonchev–Trinajstić information content (AvgIpc) is 3.51. The number of hydrogen-bond acceptors (Lipinski definition) is 2. The van der Waals surface area contributed by atoms with Crippen LogP contribution in [0.15, 0.2) is 54.6 Å². The van der Waals surface area contributed by atoms with Crippen LogP contribution in [0.3, 0.4) is 0 Å². The maximum Gasteiger partial charge on any atom is 0.416 e. The van der Waals surface area contributed by atoms with Gasteiger partial charge in [0, 0.05) is 10.9 Å². The van der Waals surface area contributed by atoms with Crippen molar-refractivity contribution in [2.75, 3.05) is 0 Å². The number of amides is 1. The van der Waals surface area contributed by atoms with Crippen LogP contribution in [-0.4, -0.2) is 5.91 Å². The minimum Gasteiger partial charge on any atom is -0.457 e. The van der Waals surface area contributed by atoms with Crippen molar-refractivity contribution in [3.05, 3.63) is 71.3 Å². The normalized spacial score (nSPS) is 15.3. The lowest BCUT2D eigenvalue weighted by atomic mass is 9.87. The second-order valence-corrected chi connectivity index (χ2v) is 7.49. The first-order valence-electron chi connectivity index (χ1n) is 9.46. The lowest BCUT2D eigenvalue weighted by Gasteiger charge is -2.19. The summed E-state index contributed by atoms with van der Waals surface area (Å²) in [7, 11) is 0. The molecule has 1 unspecified atom stereocenters. The van der Waals surface area contributed by atoms with E-state index in [1.165, 1.54) is 12.1 Å². The molecule has 150 valence electrons. The molecule has 1 saturated carbocycles. The van der Waals surface area contributed by atoms with Gasteiger partial charge in [0.2, 0.25) is 5.91 Å². The van der Waals surface area contributed by atoms with Gasteiger partial charge in [0.15, 0.2) is 0 Å². The zero-order chi connectivity index (χ0) is 20.8. The van der Waals surface area contributed by atoms with Crippen LogP contribution >= 0.6 is 0 Å². The Labute approximate surface area is 166 Å². The predicted octanol–water partition coefficient (Wildman–Crippen LogP) is 6.26. The number of nitrogens with two attached hydrogens (primary N) is 1. The number of carbonyl (C=O) groups is 1. The molecular formula is C23H20F3NO2. The third-order valence-corrected chi connectivity index (χ3v) is 5.52. The molecule has 0 aliphatic heterocycles. The van der Waals surface area contributed by atoms with E-state index >= 15 is 0 Å². The summed E-state index contributed by atoms with van der Waals surface area (Å²) < 4.78 is 44.2. The van der Waals surface area contributed by atoms with Crippen molar-refractivity contribution in [3.8, 4) is 11.5 Å². The van der Waals surface area contributed by atoms with Crippen molar-refractivity contribution in [2.45, 2.75) is 31.9 Å². The predicted molar refractivity (Wildman–Crippen MR) is 105 cm³/mol. The highest BCUT2D eigenvalue weighted by Crippen LogP contribution is 2.46. The number of halogens is 3. The number of ether oxygens (including phenoxy) is 1. The number of hydrogen-bond donors (Lipinski definition) is 1. The fourth-order valence-electron chi connectivity index (χ4n) is 3.82. The van der Waals surface area contributed by atoms with Gasteiger partial charge in [-0.1, -0.05) is 19.1 Å². The van der Waals surface area contributed by atoms with Crippen molar-refractivity contribution in [2.24, 2.45) is 11.7 Å². The van der Waals surface area contributed by atoms with Crippen LogP contribution in [0.25, 0.3) is 10.8 Å². The number of benzene rings is 3. The molecule has 1 fully saturated rings. The maximum absolute atomic E-state index is 12.8. The van der Waals surface area contributed by atoms with E-state index in [-0.39, 0.29) is 5.92 Å². The van der Waals surface area contributed by atoms with Crippen molar-refractivity contribution in [3.63, 3.8) is 0 Å². The Morgan fingerprint density at radius 2 is 1.72 bits per heavy atom. The van der Waals surface area contributed by atoms with Gasteiger partial charge in [-0.25, -0.2) is 0 Å². The number of alkyl halides is 3. The second kappa shape index (κ2) is 7.10. The topological polar surface area (TPSA) is 52.3 Å². The van der Waals surface area contributed by atoms with Gasteiger partial charge in [-0.3, -0.25) is 4.79 Å². The molecule has 1 amide bonds. The summed E-state index contributed by atoms with van der Waals surface area (Å²) in [5.74, 6) is 1.06. The highest BCUT2D eigenvalue weighted by molar-refractivity contribution is 6.02. The van der Waals surface area contributed by atoms with E-state index in [0.29, 0.717) is 23.0 Å². The largest absolute Gasteiger partial charge is 0.457 e. The van der Waals surface area contributed by atoms with Gasteiger partial charge < -0.3 is 10.5 Å². The van der Waals surface area contributed by atoms with E-state index in [2.05, 4.69) is 6.92 Å². The number of rotatable bonds is 5. The first-order valence-corrected chi connectivity index (χ1v) is 9.46. The Kier molecular flexibility index (Phi) is 4.73. The van der Waals surface area contributed by atoms with Gasteiger partial charge in [0.05, 0.1) is 5.56 Å². The van der Waals surface area contributed by atoms with E-state index in [0.717, 1.165) is 41.3 Å². The average molecular weight is 399 g/mol.